The summed E-state index contributed by atoms with van der Waals surface area (Å²) in [5.41, 5.74) is 1.54. The summed E-state index contributed by atoms with van der Waals surface area (Å²) in [6, 6.07) is 9.56. The monoisotopic (exact) mass is 329 g/mol. The molecule has 7 heteroatoms. The highest BCUT2D eigenvalue weighted by atomic mass is 32.1. The number of rotatable bonds is 3. The highest BCUT2D eigenvalue weighted by Crippen LogP contribution is 2.28. The van der Waals surface area contributed by atoms with Crippen LogP contribution in [0.5, 0.6) is 5.75 Å². The summed E-state index contributed by atoms with van der Waals surface area (Å²) in [4.78, 5) is 17.5. The van der Waals surface area contributed by atoms with E-state index >= 15 is 0 Å². The van der Waals surface area contributed by atoms with Gasteiger partial charge in [-0.1, -0.05) is 23.5 Å². The van der Waals surface area contributed by atoms with E-state index in [4.69, 9.17) is 4.74 Å². The van der Waals surface area contributed by atoms with Crippen molar-refractivity contribution in [2.75, 3.05) is 6.61 Å². The van der Waals surface area contributed by atoms with Crippen LogP contribution in [0.15, 0.2) is 40.5 Å². The lowest BCUT2D eigenvalue weighted by Gasteiger charge is -2.03. The summed E-state index contributed by atoms with van der Waals surface area (Å²) >= 11 is 2.79. The lowest BCUT2D eigenvalue weighted by Crippen LogP contribution is -2.13. The molecule has 4 rings (SSSR count). The van der Waals surface area contributed by atoms with Crippen LogP contribution in [0.1, 0.15) is 6.92 Å². The first-order chi connectivity index (χ1) is 10.8. The van der Waals surface area contributed by atoms with Gasteiger partial charge in [-0.15, -0.1) is 11.3 Å². The summed E-state index contributed by atoms with van der Waals surface area (Å²) < 4.78 is 7.53. The van der Waals surface area contributed by atoms with Crippen molar-refractivity contribution in [2.24, 2.45) is 0 Å². The molecule has 0 unspecified atom stereocenters. The van der Waals surface area contributed by atoms with Crippen LogP contribution in [0.25, 0.3) is 25.7 Å². The Morgan fingerprint density at radius 1 is 1.32 bits per heavy atom. The van der Waals surface area contributed by atoms with Crippen molar-refractivity contribution in [2.45, 2.75) is 6.92 Å². The molecule has 0 N–H and O–H groups in total. The lowest BCUT2D eigenvalue weighted by atomic mass is 10.2. The minimum absolute atomic E-state index is 0.113. The Bertz CT molecular complexity index is 1030. The Labute approximate surface area is 133 Å². The molecule has 0 spiro atoms. The first-order valence-electron chi connectivity index (χ1n) is 6.76. The van der Waals surface area contributed by atoms with Crippen LogP contribution in [-0.2, 0) is 0 Å². The molecule has 0 aliphatic heterocycles. The number of fused-ring (bicyclic) bond motifs is 2. The summed E-state index contributed by atoms with van der Waals surface area (Å²) in [5, 5.41) is 7.05. The number of aromatic nitrogens is 3. The van der Waals surface area contributed by atoms with Crippen molar-refractivity contribution in [1.29, 1.82) is 0 Å². The van der Waals surface area contributed by atoms with E-state index in [1.165, 1.54) is 27.2 Å². The molecule has 4 aromatic rings. The molecule has 0 radical (unpaired) electrons. The predicted molar refractivity (Wildman–Crippen MR) is 89.1 cm³/mol. The van der Waals surface area contributed by atoms with E-state index in [9.17, 15) is 4.79 Å². The Morgan fingerprint density at radius 3 is 3.09 bits per heavy atom. The largest absolute Gasteiger partial charge is 0.494 e. The van der Waals surface area contributed by atoms with Gasteiger partial charge in [-0.3, -0.25) is 4.79 Å². The van der Waals surface area contributed by atoms with E-state index < -0.39 is 0 Å². The quantitative estimate of drug-likeness (QED) is 0.578. The van der Waals surface area contributed by atoms with Crippen molar-refractivity contribution < 1.29 is 4.74 Å². The molecule has 5 nitrogen and oxygen atoms in total. The lowest BCUT2D eigenvalue weighted by molar-refractivity contribution is 0.340. The van der Waals surface area contributed by atoms with E-state index in [0.717, 1.165) is 21.8 Å². The molecule has 0 aliphatic carbocycles. The zero-order chi connectivity index (χ0) is 15.1. The standard InChI is InChI=1S/C15H11N3O2S2/c1-2-20-10-5-3-4-9(8-10)13-17-18-14(19)12-11(6-7-21-12)16-15(18)22-13/h3-8H,2H2,1H3. The van der Waals surface area contributed by atoms with Gasteiger partial charge in [0.25, 0.3) is 5.56 Å². The third kappa shape index (κ3) is 2.10. The topological polar surface area (TPSA) is 56.5 Å². The fourth-order valence-corrected chi connectivity index (χ4v) is 3.89. The van der Waals surface area contributed by atoms with Crippen LogP contribution in [0.4, 0.5) is 0 Å². The molecule has 0 saturated carbocycles. The van der Waals surface area contributed by atoms with E-state index in [2.05, 4.69) is 10.1 Å². The summed E-state index contributed by atoms with van der Waals surface area (Å²) in [6.07, 6.45) is 0. The van der Waals surface area contributed by atoms with Gasteiger partial charge in [0.15, 0.2) is 0 Å². The molecule has 3 aromatic heterocycles. The second kappa shape index (κ2) is 5.19. The second-order valence-electron chi connectivity index (χ2n) is 4.61. The van der Waals surface area contributed by atoms with E-state index in [1.807, 2.05) is 42.6 Å². The first-order valence-corrected chi connectivity index (χ1v) is 8.46. The maximum Gasteiger partial charge on any atom is 0.293 e. The van der Waals surface area contributed by atoms with Crippen molar-refractivity contribution >= 4 is 37.9 Å². The normalized spacial score (nSPS) is 11.3. The van der Waals surface area contributed by atoms with Crippen molar-refractivity contribution in [3.05, 3.63) is 46.1 Å². The van der Waals surface area contributed by atoms with Gasteiger partial charge in [0.1, 0.15) is 15.5 Å². The summed E-state index contributed by atoms with van der Waals surface area (Å²) in [7, 11) is 0. The molecule has 0 atom stereocenters. The van der Waals surface area contributed by atoms with E-state index in [0.29, 0.717) is 16.3 Å². The average molecular weight is 329 g/mol. The minimum Gasteiger partial charge on any atom is -0.494 e. The van der Waals surface area contributed by atoms with Gasteiger partial charge in [0.2, 0.25) is 4.96 Å². The molecule has 0 amide bonds. The second-order valence-corrected chi connectivity index (χ2v) is 6.49. The summed E-state index contributed by atoms with van der Waals surface area (Å²) in [6.45, 7) is 2.56. The number of hydrogen-bond acceptors (Lipinski definition) is 6. The Hall–Kier alpha value is -2.25. The predicted octanol–water partition coefficient (Wildman–Crippen LogP) is 3.43. The molecular formula is C15H11N3O2S2. The maximum absolute atomic E-state index is 12.4. The minimum atomic E-state index is -0.113. The molecule has 110 valence electrons. The van der Waals surface area contributed by atoms with Gasteiger partial charge >= 0.3 is 0 Å². The van der Waals surface area contributed by atoms with E-state index in [1.54, 1.807) is 0 Å². The van der Waals surface area contributed by atoms with Crippen LogP contribution in [0.2, 0.25) is 0 Å². The molecule has 0 bridgehead atoms. The van der Waals surface area contributed by atoms with Crippen LogP contribution in [0.3, 0.4) is 0 Å². The molecule has 3 heterocycles. The smallest absolute Gasteiger partial charge is 0.293 e. The van der Waals surface area contributed by atoms with Crippen LogP contribution < -0.4 is 10.3 Å². The third-order valence-corrected chi connectivity index (χ3v) is 5.05. The highest BCUT2D eigenvalue weighted by Gasteiger charge is 2.13. The van der Waals surface area contributed by atoms with Gasteiger partial charge in [-0.2, -0.15) is 9.61 Å². The number of benzene rings is 1. The van der Waals surface area contributed by atoms with Gasteiger partial charge in [0, 0.05) is 5.56 Å². The first kappa shape index (κ1) is 13.4. The zero-order valence-corrected chi connectivity index (χ0v) is 13.3. The number of thiophene rings is 1. The van der Waals surface area contributed by atoms with Crippen molar-refractivity contribution in [3.63, 3.8) is 0 Å². The third-order valence-electron chi connectivity index (χ3n) is 3.20. The molecule has 0 fully saturated rings. The highest BCUT2D eigenvalue weighted by molar-refractivity contribution is 7.20. The average Bonchev–Trinajstić information content (AvgIpc) is 3.15. The zero-order valence-electron chi connectivity index (χ0n) is 11.6. The number of hydrogen-bond donors (Lipinski definition) is 0. The van der Waals surface area contributed by atoms with Crippen LogP contribution in [-0.4, -0.2) is 21.2 Å². The van der Waals surface area contributed by atoms with E-state index in [-0.39, 0.29) is 5.56 Å². The Kier molecular flexibility index (Phi) is 3.16. The summed E-state index contributed by atoms with van der Waals surface area (Å²) in [5.74, 6) is 0.792. The fourth-order valence-electron chi connectivity index (χ4n) is 2.24. The molecule has 22 heavy (non-hydrogen) atoms. The van der Waals surface area contributed by atoms with Crippen molar-refractivity contribution in [1.82, 2.24) is 14.6 Å². The fraction of sp³-hybridized carbons (Fsp3) is 0.133. The van der Waals surface area contributed by atoms with Crippen LogP contribution in [0, 0.1) is 0 Å². The van der Waals surface area contributed by atoms with Crippen LogP contribution >= 0.6 is 22.7 Å². The molecule has 1 aromatic carbocycles. The van der Waals surface area contributed by atoms with Gasteiger partial charge in [0.05, 0.1) is 12.1 Å². The molecular weight excluding hydrogens is 318 g/mol. The van der Waals surface area contributed by atoms with Gasteiger partial charge in [-0.25, -0.2) is 4.98 Å². The maximum atomic E-state index is 12.4. The van der Waals surface area contributed by atoms with Gasteiger partial charge in [-0.05, 0) is 30.5 Å². The Balaban J connectivity index is 1.91. The number of nitrogens with zero attached hydrogens (tertiary/aromatic N) is 3. The Morgan fingerprint density at radius 2 is 2.23 bits per heavy atom. The van der Waals surface area contributed by atoms with Crippen molar-refractivity contribution in [3.8, 4) is 16.3 Å². The number of ether oxygens (including phenoxy) is 1. The SMILES string of the molecule is CCOc1cccc(-c2nn3c(=O)c4sccc4nc3s2)c1. The molecule has 0 saturated heterocycles. The van der Waals surface area contributed by atoms with Gasteiger partial charge < -0.3 is 4.74 Å². The molecule has 0 aliphatic rings.